The lowest BCUT2D eigenvalue weighted by atomic mass is 10.1. The molecule has 2 rings (SSSR count). The first-order valence-corrected chi connectivity index (χ1v) is 5.51. The Balaban J connectivity index is 2.02. The number of benzene rings is 1. The third-order valence-electron chi connectivity index (χ3n) is 2.93. The molecule has 3 heteroatoms. The second kappa shape index (κ2) is 4.39. The third-order valence-corrected chi connectivity index (χ3v) is 2.93. The van der Waals surface area contributed by atoms with E-state index in [2.05, 4.69) is 41.4 Å². The van der Waals surface area contributed by atoms with Crippen LogP contribution in [0.5, 0.6) is 0 Å². The summed E-state index contributed by atoms with van der Waals surface area (Å²) in [6.45, 7) is 4.10. The molecule has 0 atom stereocenters. The minimum Gasteiger partial charge on any atom is -0.382 e. The van der Waals surface area contributed by atoms with Gasteiger partial charge in [0.05, 0.1) is 0 Å². The van der Waals surface area contributed by atoms with Gasteiger partial charge in [-0.3, -0.25) is 5.10 Å². The van der Waals surface area contributed by atoms with E-state index >= 15 is 0 Å². The third kappa shape index (κ3) is 2.24. The zero-order chi connectivity index (χ0) is 11.5. The van der Waals surface area contributed by atoms with Crippen molar-refractivity contribution in [2.75, 3.05) is 5.73 Å². The Bertz CT molecular complexity index is 468. The molecule has 0 fully saturated rings. The van der Waals surface area contributed by atoms with Crippen LogP contribution in [-0.4, -0.2) is 10.2 Å². The zero-order valence-electron chi connectivity index (χ0n) is 9.75. The molecule has 0 radical (unpaired) electrons. The lowest BCUT2D eigenvalue weighted by Gasteiger charge is -2.01. The Labute approximate surface area is 95.7 Å². The quantitative estimate of drug-likeness (QED) is 0.826. The predicted octanol–water partition coefficient (Wildman–Crippen LogP) is 2.39. The van der Waals surface area contributed by atoms with Gasteiger partial charge >= 0.3 is 0 Å². The fourth-order valence-corrected chi connectivity index (χ4v) is 1.72. The van der Waals surface area contributed by atoms with E-state index in [-0.39, 0.29) is 0 Å². The molecule has 84 valence electrons. The molecule has 0 bridgehead atoms. The van der Waals surface area contributed by atoms with Crippen molar-refractivity contribution in [2.24, 2.45) is 0 Å². The molecule has 0 unspecified atom stereocenters. The van der Waals surface area contributed by atoms with Crippen molar-refractivity contribution < 1.29 is 0 Å². The van der Waals surface area contributed by atoms with Gasteiger partial charge in [0.1, 0.15) is 5.82 Å². The summed E-state index contributed by atoms with van der Waals surface area (Å²) in [6, 6.07) is 8.63. The van der Waals surface area contributed by atoms with Crippen LogP contribution >= 0.6 is 0 Å². The van der Waals surface area contributed by atoms with Crippen LogP contribution in [0.3, 0.4) is 0 Å². The second-order valence-corrected chi connectivity index (χ2v) is 4.20. The molecule has 1 heterocycles. The number of hydrogen-bond acceptors (Lipinski definition) is 2. The first-order chi connectivity index (χ1) is 7.66. The number of nitrogens with zero attached hydrogens (tertiary/aromatic N) is 1. The SMILES string of the molecule is Cc1ccc(CCc2[nH]nc(N)c2C)cc1. The summed E-state index contributed by atoms with van der Waals surface area (Å²) in [7, 11) is 0. The number of rotatable bonds is 3. The maximum absolute atomic E-state index is 5.69. The van der Waals surface area contributed by atoms with E-state index in [1.165, 1.54) is 11.1 Å². The normalized spacial score (nSPS) is 10.6. The smallest absolute Gasteiger partial charge is 0.148 e. The van der Waals surface area contributed by atoms with Crippen LogP contribution in [0.25, 0.3) is 0 Å². The van der Waals surface area contributed by atoms with Gasteiger partial charge in [-0.2, -0.15) is 5.10 Å². The van der Waals surface area contributed by atoms with Crippen LogP contribution in [0.4, 0.5) is 5.82 Å². The summed E-state index contributed by atoms with van der Waals surface area (Å²) in [6.07, 6.45) is 1.97. The van der Waals surface area contributed by atoms with E-state index < -0.39 is 0 Å². The Morgan fingerprint density at radius 3 is 2.38 bits per heavy atom. The highest BCUT2D eigenvalue weighted by atomic mass is 15.2. The van der Waals surface area contributed by atoms with Crippen molar-refractivity contribution in [3.05, 3.63) is 46.6 Å². The van der Waals surface area contributed by atoms with E-state index in [9.17, 15) is 0 Å². The summed E-state index contributed by atoms with van der Waals surface area (Å²) < 4.78 is 0. The van der Waals surface area contributed by atoms with Crippen LogP contribution in [0.15, 0.2) is 24.3 Å². The Hall–Kier alpha value is -1.77. The van der Waals surface area contributed by atoms with Gasteiger partial charge in [0.25, 0.3) is 0 Å². The van der Waals surface area contributed by atoms with Crippen LogP contribution in [0, 0.1) is 13.8 Å². The lowest BCUT2D eigenvalue weighted by molar-refractivity contribution is 0.887. The summed E-state index contributed by atoms with van der Waals surface area (Å²) in [5.74, 6) is 0.610. The fraction of sp³-hybridized carbons (Fsp3) is 0.308. The molecule has 3 nitrogen and oxygen atoms in total. The van der Waals surface area contributed by atoms with E-state index in [1.54, 1.807) is 0 Å². The number of nitrogen functional groups attached to an aromatic ring is 1. The van der Waals surface area contributed by atoms with Crippen molar-refractivity contribution in [3.63, 3.8) is 0 Å². The predicted molar refractivity (Wildman–Crippen MR) is 66.3 cm³/mol. The van der Waals surface area contributed by atoms with Gasteiger partial charge in [0.2, 0.25) is 0 Å². The Morgan fingerprint density at radius 1 is 1.12 bits per heavy atom. The van der Waals surface area contributed by atoms with Crippen molar-refractivity contribution in [1.82, 2.24) is 10.2 Å². The number of aryl methyl sites for hydroxylation is 3. The molecule has 0 aliphatic heterocycles. The van der Waals surface area contributed by atoms with Gasteiger partial charge in [0, 0.05) is 11.3 Å². The Kier molecular flexibility index (Phi) is 2.95. The molecule has 1 aromatic carbocycles. The molecule has 0 spiro atoms. The molecular weight excluding hydrogens is 198 g/mol. The topological polar surface area (TPSA) is 54.7 Å². The summed E-state index contributed by atoms with van der Waals surface area (Å²) in [5, 5.41) is 6.98. The molecule has 0 amide bonds. The molecule has 0 aliphatic rings. The number of aromatic amines is 1. The van der Waals surface area contributed by atoms with E-state index in [4.69, 9.17) is 5.73 Å². The number of aromatic nitrogens is 2. The molecule has 1 aromatic heterocycles. The molecule has 3 N–H and O–H groups in total. The van der Waals surface area contributed by atoms with E-state index in [0.29, 0.717) is 5.82 Å². The molecule has 16 heavy (non-hydrogen) atoms. The van der Waals surface area contributed by atoms with Gasteiger partial charge in [-0.25, -0.2) is 0 Å². The van der Waals surface area contributed by atoms with Crippen molar-refractivity contribution in [1.29, 1.82) is 0 Å². The highest BCUT2D eigenvalue weighted by Crippen LogP contribution is 2.14. The van der Waals surface area contributed by atoms with Gasteiger partial charge in [-0.1, -0.05) is 29.8 Å². The molecule has 2 aromatic rings. The van der Waals surface area contributed by atoms with Crippen LogP contribution in [-0.2, 0) is 12.8 Å². The second-order valence-electron chi connectivity index (χ2n) is 4.20. The van der Waals surface area contributed by atoms with Crippen LogP contribution in [0.1, 0.15) is 22.4 Å². The highest BCUT2D eigenvalue weighted by molar-refractivity contribution is 5.40. The van der Waals surface area contributed by atoms with Gasteiger partial charge in [-0.05, 0) is 32.3 Å². The molecule has 0 aliphatic carbocycles. The first kappa shape index (κ1) is 10.7. The van der Waals surface area contributed by atoms with E-state index in [0.717, 1.165) is 24.1 Å². The van der Waals surface area contributed by atoms with Crippen LogP contribution < -0.4 is 5.73 Å². The number of hydrogen-bond donors (Lipinski definition) is 2. The van der Waals surface area contributed by atoms with Crippen molar-refractivity contribution in [2.45, 2.75) is 26.7 Å². The van der Waals surface area contributed by atoms with Crippen molar-refractivity contribution >= 4 is 5.82 Å². The summed E-state index contributed by atoms with van der Waals surface area (Å²) in [5.41, 5.74) is 10.5. The molecule has 0 saturated carbocycles. The van der Waals surface area contributed by atoms with Gasteiger partial charge < -0.3 is 5.73 Å². The average molecular weight is 215 g/mol. The minimum absolute atomic E-state index is 0.610. The Morgan fingerprint density at radius 2 is 1.81 bits per heavy atom. The zero-order valence-corrected chi connectivity index (χ0v) is 9.75. The number of H-pyrrole nitrogens is 1. The minimum atomic E-state index is 0.610. The number of nitrogens with two attached hydrogens (primary N) is 1. The highest BCUT2D eigenvalue weighted by Gasteiger charge is 2.05. The van der Waals surface area contributed by atoms with Crippen LogP contribution in [0.2, 0.25) is 0 Å². The molecular formula is C13H17N3. The summed E-state index contributed by atoms with van der Waals surface area (Å²) >= 11 is 0. The summed E-state index contributed by atoms with van der Waals surface area (Å²) in [4.78, 5) is 0. The van der Waals surface area contributed by atoms with Gasteiger partial charge in [-0.15, -0.1) is 0 Å². The average Bonchev–Trinajstić information content (AvgIpc) is 2.60. The monoisotopic (exact) mass is 215 g/mol. The lowest BCUT2D eigenvalue weighted by Crippen LogP contribution is -1.94. The first-order valence-electron chi connectivity index (χ1n) is 5.51. The molecule has 0 saturated heterocycles. The maximum atomic E-state index is 5.69. The maximum Gasteiger partial charge on any atom is 0.148 e. The number of anilines is 1. The van der Waals surface area contributed by atoms with Crippen molar-refractivity contribution in [3.8, 4) is 0 Å². The largest absolute Gasteiger partial charge is 0.382 e. The van der Waals surface area contributed by atoms with E-state index in [1.807, 2.05) is 6.92 Å². The standard InChI is InChI=1S/C13H17N3/c1-9-3-5-11(6-4-9)7-8-12-10(2)13(14)16-15-12/h3-6H,7-8H2,1-2H3,(H3,14,15,16). The van der Waals surface area contributed by atoms with Gasteiger partial charge in [0.15, 0.2) is 0 Å². The number of nitrogens with one attached hydrogen (secondary N) is 1. The fourth-order valence-electron chi connectivity index (χ4n) is 1.72.